The Balaban J connectivity index is 1.59. The average molecular weight is 477 g/mol. The number of hydrogen-bond acceptors (Lipinski definition) is 8. The van der Waals surface area contributed by atoms with Gasteiger partial charge in [0, 0.05) is 43.9 Å². The summed E-state index contributed by atoms with van der Waals surface area (Å²) < 4.78 is 5.36. The fourth-order valence-electron chi connectivity index (χ4n) is 4.18. The Morgan fingerprint density at radius 3 is 2.37 bits per heavy atom. The topological polar surface area (TPSA) is 137 Å². The van der Waals surface area contributed by atoms with Crippen LogP contribution in [0.4, 0.5) is 11.4 Å². The number of nitro benzene ring substituents is 1. The summed E-state index contributed by atoms with van der Waals surface area (Å²) in [6.07, 6.45) is -0.180. The summed E-state index contributed by atoms with van der Waals surface area (Å²) in [7, 11) is 0. The highest BCUT2D eigenvalue weighted by atomic mass is 16.6. The van der Waals surface area contributed by atoms with E-state index < -0.39 is 28.7 Å². The lowest BCUT2D eigenvalue weighted by Crippen LogP contribution is -2.49. The van der Waals surface area contributed by atoms with Crippen LogP contribution in [0.3, 0.4) is 0 Å². The van der Waals surface area contributed by atoms with E-state index in [1.54, 1.807) is 0 Å². The molecule has 2 aromatic rings. The molecule has 2 fully saturated rings. The van der Waals surface area contributed by atoms with Gasteiger partial charge >= 0.3 is 0 Å². The van der Waals surface area contributed by atoms with Crippen LogP contribution in [-0.4, -0.2) is 77.9 Å². The first-order valence-corrected chi connectivity index (χ1v) is 11.1. The second-order valence-corrected chi connectivity index (χ2v) is 8.20. The highest BCUT2D eigenvalue weighted by molar-refractivity contribution is 6.23. The van der Waals surface area contributed by atoms with E-state index in [0.717, 1.165) is 4.90 Å². The van der Waals surface area contributed by atoms with Crippen LogP contribution >= 0.6 is 0 Å². The van der Waals surface area contributed by atoms with Crippen molar-refractivity contribution in [3.63, 3.8) is 0 Å². The van der Waals surface area contributed by atoms with Gasteiger partial charge in [0.25, 0.3) is 17.5 Å². The average Bonchev–Trinajstić information content (AvgIpc) is 3.18. The van der Waals surface area contributed by atoms with Crippen LogP contribution in [0, 0.1) is 21.4 Å². The normalized spacial score (nSPS) is 18.4. The third-order valence-corrected chi connectivity index (χ3v) is 6.10. The van der Waals surface area contributed by atoms with Crippen molar-refractivity contribution in [1.82, 2.24) is 9.80 Å². The van der Waals surface area contributed by atoms with E-state index >= 15 is 0 Å². The molecular weight excluding hydrogens is 454 g/mol. The number of carbonyl (C=O) groups excluding carboxylic acids is 3. The summed E-state index contributed by atoms with van der Waals surface area (Å²) in [4.78, 5) is 54.6. The van der Waals surface area contributed by atoms with Crippen molar-refractivity contribution in [2.75, 3.05) is 44.3 Å². The van der Waals surface area contributed by atoms with E-state index in [2.05, 4.69) is 4.90 Å². The highest BCUT2D eigenvalue weighted by Crippen LogP contribution is 2.27. The van der Waals surface area contributed by atoms with Crippen LogP contribution < -0.4 is 4.90 Å². The fourth-order valence-corrected chi connectivity index (χ4v) is 4.18. The minimum atomic E-state index is -1.01. The van der Waals surface area contributed by atoms with Gasteiger partial charge in [-0.15, -0.1) is 0 Å². The molecule has 180 valence electrons. The summed E-state index contributed by atoms with van der Waals surface area (Å²) >= 11 is 0. The lowest BCUT2D eigenvalue weighted by atomic mass is 10.1. The number of morpholine rings is 1. The minimum Gasteiger partial charge on any atom is -0.379 e. The molecule has 0 bridgehead atoms. The molecular formula is C24H23N5O6. The van der Waals surface area contributed by atoms with E-state index in [1.807, 2.05) is 6.07 Å². The molecule has 1 unspecified atom stereocenters. The maximum absolute atomic E-state index is 13.5. The maximum Gasteiger partial charge on any atom is 0.269 e. The van der Waals surface area contributed by atoms with Crippen molar-refractivity contribution in [3.8, 4) is 6.07 Å². The van der Waals surface area contributed by atoms with Crippen molar-refractivity contribution in [3.05, 3.63) is 69.8 Å². The SMILES string of the molecule is N#Cc1ccc(N2C(=O)CC(N(CCN3CCOCC3)C(=O)c3ccc([N+](=O)[O-])cc3)C2=O)cc1. The standard InChI is InChI=1S/C24H23N5O6/c25-16-17-1-5-19(6-2-17)28-22(30)15-21(24(28)32)27(10-9-26-11-13-35-14-12-26)23(31)18-3-7-20(8-4-18)29(33)34/h1-8,21H,9-15H2. The number of nitrogens with zero attached hydrogens (tertiary/aromatic N) is 5. The molecule has 0 radical (unpaired) electrons. The Hall–Kier alpha value is -4.14. The smallest absolute Gasteiger partial charge is 0.269 e. The molecule has 4 rings (SSSR count). The van der Waals surface area contributed by atoms with Gasteiger partial charge in [-0.05, 0) is 36.4 Å². The van der Waals surface area contributed by atoms with Crippen molar-refractivity contribution in [1.29, 1.82) is 5.26 Å². The summed E-state index contributed by atoms with van der Waals surface area (Å²) in [5.74, 6) is -1.46. The number of benzene rings is 2. The Bertz CT molecular complexity index is 1170. The minimum absolute atomic E-state index is 0.152. The Morgan fingerprint density at radius 1 is 1.11 bits per heavy atom. The van der Waals surface area contributed by atoms with Crippen molar-refractivity contribution >= 4 is 29.1 Å². The monoisotopic (exact) mass is 477 g/mol. The molecule has 1 atom stereocenters. The van der Waals surface area contributed by atoms with Crippen molar-refractivity contribution in [2.24, 2.45) is 0 Å². The van der Waals surface area contributed by atoms with Crippen LogP contribution in [-0.2, 0) is 14.3 Å². The van der Waals surface area contributed by atoms with Gasteiger partial charge in [0.2, 0.25) is 5.91 Å². The number of non-ortho nitro benzene ring substituents is 1. The van der Waals surface area contributed by atoms with Gasteiger partial charge in [0.05, 0.1) is 41.9 Å². The van der Waals surface area contributed by atoms with Crippen molar-refractivity contribution < 1.29 is 24.0 Å². The molecule has 0 aromatic heterocycles. The van der Waals surface area contributed by atoms with Crippen LogP contribution in [0.15, 0.2) is 48.5 Å². The molecule has 35 heavy (non-hydrogen) atoms. The van der Waals surface area contributed by atoms with Gasteiger partial charge in [0.15, 0.2) is 0 Å². The van der Waals surface area contributed by atoms with Crippen LogP contribution in [0.5, 0.6) is 0 Å². The zero-order valence-electron chi connectivity index (χ0n) is 18.8. The third kappa shape index (κ3) is 5.18. The van der Waals surface area contributed by atoms with E-state index in [4.69, 9.17) is 10.00 Å². The van der Waals surface area contributed by atoms with E-state index in [-0.39, 0.29) is 24.2 Å². The lowest BCUT2D eigenvalue weighted by Gasteiger charge is -2.32. The molecule has 0 aliphatic carbocycles. The molecule has 2 aromatic carbocycles. The zero-order valence-corrected chi connectivity index (χ0v) is 18.8. The molecule has 2 heterocycles. The van der Waals surface area contributed by atoms with Gasteiger partial charge in [-0.1, -0.05) is 0 Å². The molecule has 3 amide bonds. The third-order valence-electron chi connectivity index (χ3n) is 6.10. The van der Waals surface area contributed by atoms with E-state index in [1.165, 1.54) is 53.4 Å². The first-order chi connectivity index (χ1) is 16.9. The Kier molecular flexibility index (Phi) is 7.14. The number of hydrogen-bond donors (Lipinski definition) is 0. The number of nitriles is 1. The Labute approximate surface area is 201 Å². The summed E-state index contributed by atoms with van der Waals surface area (Å²) in [6, 6.07) is 12.2. The summed E-state index contributed by atoms with van der Waals surface area (Å²) in [5.41, 5.74) is 0.762. The predicted octanol–water partition coefficient (Wildman–Crippen LogP) is 1.57. The second-order valence-electron chi connectivity index (χ2n) is 8.20. The number of carbonyl (C=O) groups is 3. The zero-order chi connectivity index (χ0) is 24.9. The molecule has 11 nitrogen and oxygen atoms in total. The lowest BCUT2D eigenvalue weighted by molar-refractivity contribution is -0.384. The molecule has 0 saturated carbocycles. The van der Waals surface area contributed by atoms with Crippen LogP contribution in [0.2, 0.25) is 0 Å². The van der Waals surface area contributed by atoms with Gasteiger partial charge in [-0.2, -0.15) is 5.26 Å². The Morgan fingerprint density at radius 2 is 1.77 bits per heavy atom. The van der Waals surface area contributed by atoms with Gasteiger partial charge in [-0.3, -0.25) is 29.4 Å². The quantitative estimate of drug-likeness (QED) is 0.333. The number of imide groups is 1. The molecule has 2 saturated heterocycles. The predicted molar refractivity (Wildman–Crippen MR) is 123 cm³/mol. The summed E-state index contributed by atoms with van der Waals surface area (Å²) in [6.45, 7) is 3.20. The van der Waals surface area contributed by atoms with Gasteiger partial charge in [-0.25, -0.2) is 4.90 Å². The number of ether oxygens (including phenoxy) is 1. The van der Waals surface area contributed by atoms with Gasteiger partial charge < -0.3 is 9.64 Å². The van der Waals surface area contributed by atoms with E-state index in [9.17, 15) is 24.5 Å². The van der Waals surface area contributed by atoms with Gasteiger partial charge in [0.1, 0.15) is 6.04 Å². The molecule has 0 spiro atoms. The second kappa shape index (κ2) is 10.4. The maximum atomic E-state index is 13.5. The molecule has 2 aliphatic rings. The molecule has 2 aliphatic heterocycles. The first kappa shape index (κ1) is 24.0. The number of rotatable bonds is 7. The number of nitro groups is 1. The first-order valence-electron chi connectivity index (χ1n) is 11.1. The highest BCUT2D eigenvalue weighted by Gasteiger charge is 2.44. The number of amides is 3. The molecule has 11 heteroatoms. The van der Waals surface area contributed by atoms with Crippen LogP contribution in [0.1, 0.15) is 22.3 Å². The number of anilines is 1. The fraction of sp³-hybridized carbons (Fsp3) is 0.333. The summed E-state index contributed by atoms with van der Waals surface area (Å²) in [5, 5.41) is 20.0. The van der Waals surface area contributed by atoms with Crippen molar-refractivity contribution in [2.45, 2.75) is 12.5 Å². The van der Waals surface area contributed by atoms with E-state index in [0.29, 0.717) is 44.1 Å². The van der Waals surface area contributed by atoms with Crippen LogP contribution in [0.25, 0.3) is 0 Å². The molecule has 0 N–H and O–H groups in total. The largest absolute Gasteiger partial charge is 0.379 e.